The van der Waals surface area contributed by atoms with Gasteiger partial charge in [0, 0.05) is 68.2 Å². The fourth-order valence-corrected chi connectivity index (χ4v) is 19.0. The number of nitrogens with zero attached hydrogens (tertiary/aromatic N) is 3. The van der Waals surface area contributed by atoms with E-state index in [-0.39, 0.29) is 68.5 Å². The van der Waals surface area contributed by atoms with Gasteiger partial charge in [0.05, 0.1) is 52.1 Å². The molecule has 0 N–H and O–H groups in total. The summed E-state index contributed by atoms with van der Waals surface area (Å²) in [5.74, 6) is 3.79. The van der Waals surface area contributed by atoms with Gasteiger partial charge in [-0.15, -0.1) is 0 Å². The first kappa shape index (κ1) is 82.6. The van der Waals surface area contributed by atoms with Crippen molar-refractivity contribution in [3.8, 4) is 0 Å². The lowest BCUT2D eigenvalue weighted by Crippen LogP contribution is -2.34. The normalized spacial score (nSPS) is 12.5. The van der Waals surface area contributed by atoms with Gasteiger partial charge in [-0.25, -0.2) is 0 Å². The monoisotopic (exact) mass is 1310 g/mol. The van der Waals surface area contributed by atoms with E-state index in [9.17, 15) is 19.2 Å². The Morgan fingerprint density at radius 3 is 0.768 bits per heavy atom. The van der Waals surface area contributed by atoms with E-state index in [1.165, 1.54) is 103 Å². The Morgan fingerprint density at radius 2 is 0.549 bits per heavy atom. The molecule has 19 heteroatoms. The van der Waals surface area contributed by atoms with Crippen molar-refractivity contribution in [2.45, 2.75) is 269 Å². The van der Waals surface area contributed by atoms with Crippen molar-refractivity contribution in [1.82, 2.24) is 14.7 Å². The molecule has 0 fully saturated rings. The molecule has 0 bridgehead atoms. The van der Waals surface area contributed by atoms with Crippen LogP contribution in [-0.4, -0.2) is 166 Å². The Bertz CT molecular complexity index is 1360. The number of ether oxygens (including phenoxy) is 4. The predicted molar refractivity (Wildman–Crippen MR) is 373 cm³/mol. The fourth-order valence-electron chi connectivity index (χ4n) is 8.16. The Balaban J connectivity index is 5.50. The molecule has 0 aromatic carbocycles. The van der Waals surface area contributed by atoms with Crippen LogP contribution in [0.25, 0.3) is 0 Å². The van der Waals surface area contributed by atoms with Crippen LogP contribution < -0.4 is 0 Å². The zero-order valence-electron chi connectivity index (χ0n) is 54.6. The quantitative estimate of drug-likeness (QED) is 0.0249. The van der Waals surface area contributed by atoms with Gasteiger partial charge < -0.3 is 33.6 Å². The maximum atomic E-state index is 13.1. The summed E-state index contributed by atoms with van der Waals surface area (Å²) in [5.41, 5.74) is 0. The predicted octanol–water partition coefficient (Wildman–Crippen LogP) is 18.6. The first-order chi connectivity index (χ1) is 39.1. The zero-order valence-corrected chi connectivity index (χ0v) is 61.1. The molecule has 0 spiro atoms. The first-order valence-electron chi connectivity index (χ1n) is 32.1. The summed E-state index contributed by atoms with van der Waals surface area (Å²) in [6.07, 6.45) is 26.3. The molecular weight excluding hydrogens is 1180 g/mol. The summed E-state index contributed by atoms with van der Waals surface area (Å²) >= 11 is 0. The average Bonchev–Trinajstić information content (AvgIpc) is 3.42. The molecule has 486 valence electrons. The van der Waals surface area contributed by atoms with E-state index in [1.807, 2.05) is 86.4 Å². The molecule has 0 aliphatic carbocycles. The van der Waals surface area contributed by atoms with Gasteiger partial charge in [-0.1, -0.05) is 191 Å². The number of carbonyl (C=O) groups is 4. The van der Waals surface area contributed by atoms with Gasteiger partial charge in [-0.2, -0.15) is 0 Å². The molecule has 0 saturated carbocycles. The van der Waals surface area contributed by atoms with E-state index in [0.29, 0.717) is 52.6 Å². The summed E-state index contributed by atoms with van der Waals surface area (Å²) in [5, 5.41) is 0. The summed E-state index contributed by atoms with van der Waals surface area (Å²) in [7, 11) is 17.4. The Hall–Kier alpha value is 0.560. The molecule has 0 unspecified atom stereocenters. The molecule has 0 amide bonds. The van der Waals surface area contributed by atoms with Gasteiger partial charge in [-0.05, 0) is 153 Å². The summed E-state index contributed by atoms with van der Waals surface area (Å²) in [6, 6.07) is 0. The van der Waals surface area contributed by atoms with E-state index < -0.39 is 0 Å². The van der Waals surface area contributed by atoms with Crippen LogP contribution in [0.4, 0.5) is 0 Å². The first-order valence-corrected chi connectivity index (χ1v) is 41.3. The van der Waals surface area contributed by atoms with Gasteiger partial charge in [0.25, 0.3) is 0 Å². The topological polar surface area (TPSA) is 115 Å². The zero-order chi connectivity index (χ0) is 61.2. The minimum absolute atomic E-state index is 0.0147. The third kappa shape index (κ3) is 54.7. The van der Waals surface area contributed by atoms with Crippen LogP contribution in [0.15, 0.2) is 0 Å². The summed E-state index contributed by atoms with van der Waals surface area (Å²) in [6.45, 7) is 33.6. The van der Waals surface area contributed by atoms with Crippen LogP contribution in [0.3, 0.4) is 0 Å². The van der Waals surface area contributed by atoms with Gasteiger partial charge in [0.1, 0.15) is 0 Å². The highest BCUT2D eigenvalue weighted by atomic mass is 33.1. The van der Waals surface area contributed by atoms with Crippen molar-refractivity contribution in [2.24, 2.45) is 0 Å². The van der Waals surface area contributed by atoms with Gasteiger partial charge in [0.15, 0.2) is 0 Å². The molecule has 0 atom stereocenters. The van der Waals surface area contributed by atoms with Crippen molar-refractivity contribution < 1.29 is 38.1 Å². The lowest BCUT2D eigenvalue weighted by atomic mass is 10.1. The smallest absolute Gasteiger partial charge is 0.307 e. The minimum Gasteiger partial charge on any atom is -0.466 e. The van der Waals surface area contributed by atoms with Crippen molar-refractivity contribution in [2.75, 3.05) is 109 Å². The Morgan fingerprint density at radius 1 is 0.317 bits per heavy atom. The number of rotatable bonds is 60. The van der Waals surface area contributed by atoms with Crippen LogP contribution in [0.1, 0.15) is 250 Å². The van der Waals surface area contributed by atoms with Crippen LogP contribution in [-0.2, 0) is 38.1 Å². The molecular formula is C63H123N3O8S8. The molecule has 0 saturated heterocycles. The molecule has 0 heterocycles. The van der Waals surface area contributed by atoms with E-state index in [4.69, 9.17) is 18.9 Å². The van der Waals surface area contributed by atoms with Gasteiger partial charge in [0.2, 0.25) is 0 Å². The van der Waals surface area contributed by atoms with Crippen LogP contribution >= 0.6 is 86.4 Å². The highest BCUT2D eigenvalue weighted by molar-refractivity contribution is 8.78. The SMILES string of the molecule is CCCCCCSSC(C)(C)CCOC(=O)CCN(CCCN(C)CCCN(CCC(=O)OCCC(C)(C)SSCCCCCC)CCC(=O)OCCC(C)(C)SSCCCCCC)CCC(=O)OCCC(C)(C)SSCCCCCC. The molecule has 0 radical (unpaired) electrons. The maximum Gasteiger partial charge on any atom is 0.307 e. The van der Waals surface area contributed by atoms with Gasteiger partial charge >= 0.3 is 23.9 Å². The highest BCUT2D eigenvalue weighted by Gasteiger charge is 2.24. The summed E-state index contributed by atoms with van der Waals surface area (Å²) in [4.78, 5) is 59.1. The van der Waals surface area contributed by atoms with E-state index in [1.54, 1.807) is 0 Å². The molecule has 0 aromatic rings. The van der Waals surface area contributed by atoms with Crippen molar-refractivity contribution >= 4 is 110 Å². The highest BCUT2D eigenvalue weighted by Crippen LogP contribution is 2.41. The maximum absolute atomic E-state index is 13.1. The number of carbonyl (C=O) groups excluding carboxylic acids is 4. The third-order valence-corrected chi connectivity index (χ3v) is 27.6. The molecule has 0 aliphatic heterocycles. The second-order valence-corrected chi connectivity index (χ2v) is 37.0. The Labute approximate surface area is 536 Å². The van der Waals surface area contributed by atoms with Crippen LogP contribution in [0.5, 0.6) is 0 Å². The number of unbranched alkanes of at least 4 members (excludes halogenated alkanes) is 12. The average molecular weight is 1310 g/mol. The van der Waals surface area contributed by atoms with Gasteiger partial charge in [-0.3, -0.25) is 19.2 Å². The van der Waals surface area contributed by atoms with E-state index in [0.717, 1.165) is 87.7 Å². The standard InChI is InChI=1S/C63H123N3O8S8/c1-14-18-22-26-52-75-79-60(5,6)36-48-71-56(67)32-44-65(45-33-57(68)72-49-37-61(7,8)80-76-53-27-23-19-15-2)42-30-40-64(13)41-31-43-66(46-34-58(69)73-50-38-62(9,10)81-77-54-28-24-20-16-3)47-35-59(70)74-51-39-63(11,12)82-78-55-29-25-21-17-4/h14-55H2,1-13H3. The minimum atomic E-state index is -0.200. The van der Waals surface area contributed by atoms with Crippen molar-refractivity contribution in [3.63, 3.8) is 0 Å². The third-order valence-electron chi connectivity index (χ3n) is 13.9. The largest absolute Gasteiger partial charge is 0.466 e. The number of hydrogen-bond acceptors (Lipinski definition) is 19. The molecule has 11 nitrogen and oxygen atoms in total. The van der Waals surface area contributed by atoms with E-state index in [2.05, 4.69) is 105 Å². The molecule has 0 aliphatic rings. The molecule has 82 heavy (non-hydrogen) atoms. The Kier molecular flexibility index (Phi) is 53.8. The van der Waals surface area contributed by atoms with Crippen molar-refractivity contribution in [3.05, 3.63) is 0 Å². The second kappa shape index (κ2) is 53.4. The van der Waals surface area contributed by atoms with Crippen LogP contribution in [0, 0.1) is 0 Å². The lowest BCUT2D eigenvalue weighted by molar-refractivity contribution is -0.146. The number of esters is 4. The van der Waals surface area contributed by atoms with Crippen LogP contribution in [0.2, 0.25) is 0 Å². The fraction of sp³-hybridized carbons (Fsp3) is 0.937. The molecule has 0 aromatic heterocycles. The molecule has 0 rings (SSSR count). The number of hydrogen-bond donors (Lipinski definition) is 0. The van der Waals surface area contributed by atoms with Crippen molar-refractivity contribution in [1.29, 1.82) is 0 Å². The summed E-state index contributed by atoms with van der Waals surface area (Å²) < 4.78 is 23.2. The second-order valence-electron chi connectivity index (χ2n) is 24.5. The van der Waals surface area contributed by atoms with E-state index >= 15 is 0 Å². The lowest BCUT2D eigenvalue weighted by Gasteiger charge is -2.26.